The summed E-state index contributed by atoms with van der Waals surface area (Å²) in [6, 6.07) is 5.67. The van der Waals surface area contributed by atoms with Gasteiger partial charge in [-0.2, -0.15) is 0 Å². The lowest BCUT2D eigenvalue weighted by Crippen LogP contribution is -2.37. The van der Waals surface area contributed by atoms with Crippen LogP contribution < -0.4 is 10.6 Å². The van der Waals surface area contributed by atoms with Gasteiger partial charge in [0.05, 0.1) is 10.9 Å². The number of rotatable bonds is 1. The Bertz CT molecular complexity index is 406. The second-order valence-corrected chi connectivity index (χ2v) is 4.88. The van der Waals surface area contributed by atoms with Gasteiger partial charge in [0.1, 0.15) is 0 Å². The second-order valence-electron chi connectivity index (χ2n) is 3.64. The maximum Gasteiger partial charge on any atom is 0.240 e. The van der Waals surface area contributed by atoms with E-state index in [0.717, 1.165) is 22.7 Å². The Morgan fingerprint density at radius 2 is 2.27 bits per heavy atom. The molecule has 15 heavy (non-hydrogen) atoms. The first-order valence-corrected chi connectivity index (χ1v) is 5.85. The molecule has 1 atom stereocenters. The van der Waals surface area contributed by atoms with Gasteiger partial charge in [-0.1, -0.05) is 6.92 Å². The minimum Gasteiger partial charge on any atom is -0.399 e. The van der Waals surface area contributed by atoms with Gasteiger partial charge in [0.2, 0.25) is 5.91 Å². The first-order valence-electron chi connectivity index (χ1n) is 4.97. The smallest absolute Gasteiger partial charge is 0.240 e. The van der Waals surface area contributed by atoms with Crippen LogP contribution in [0.4, 0.5) is 11.4 Å². The first kappa shape index (κ1) is 10.4. The molecule has 0 bridgehead atoms. The molecular weight excluding hydrogens is 208 g/mol. The van der Waals surface area contributed by atoms with Gasteiger partial charge in [0.15, 0.2) is 0 Å². The van der Waals surface area contributed by atoms with E-state index in [-0.39, 0.29) is 11.2 Å². The summed E-state index contributed by atoms with van der Waals surface area (Å²) in [6.07, 6.45) is 0.849. The van der Waals surface area contributed by atoms with Crippen LogP contribution in [-0.4, -0.2) is 18.2 Å². The van der Waals surface area contributed by atoms with Crippen molar-refractivity contribution in [2.75, 3.05) is 17.7 Å². The predicted molar refractivity (Wildman–Crippen MR) is 64.2 cm³/mol. The number of carbonyl (C=O) groups excluding carboxylic acids is 1. The average molecular weight is 222 g/mol. The Hall–Kier alpha value is -1.16. The minimum atomic E-state index is 0.0318. The molecule has 1 aromatic carbocycles. The van der Waals surface area contributed by atoms with Crippen LogP contribution in [0.15, 0.2) is 23.1 Å². The highest BCUT2D eigenvalue weighted by Crippen LogP contribution is 2.40. The van der Waals surface area contributed by atoms with E-state index in [9.17, 15) is 4.79 Å². The van der Waals surface area contributed by atoms with Gasteiger partial charge >= 0.3 is 0 Å². The third-order valence-corrected chi connectivity index (χ3v) is 3.99. The van der Waals surface area contributed by atoms with Crippen LogP contribution in [-0.2, 0) is 4.79 Å². The molecule has 0 aliphatic carbocycles. The highest BCUT2D eigenvalue weighted by atomic mass is 32.2. The summed E-state index contributed by atoms with van der Waals surface area (Å²) >= 11 is 1.61. The molecule has 2 N–H and O–H groups in total. The SMILES string of the molecule is CCC1Sc2cc(N)ccc2N(C)C1=O. The summed E-state index contributed by atoms with van der Waals surface area (Å²) < 4.78 is 0. The van der Waals surface area contributed by atoms with E-state index in [1.54, 1.807) is 16.7 Å². The number of carbonyl (C=O) groups is 1. The Morgan fingerprint density at radius 1 is 1.53 bits per heavy atom. The van der Waals surface area contributed by atoms with E-state index in [4.69, 9.17) is 5.73 Å². The molecule has 0 saturated heterocycles. The normalized spacial score (nSPS) is 20.3. The molecule has 0 saturated carbocycles. The fourth-order valence-corrected chi connectivity index (χ4v) is 2.96. The van der Waals surface area contributed by atoms with Crippen molar-refractivity contribution in [2.24, 2.45) is 0 Å². The Kier molecular flexibility index (Phi) is 2.61. The molecule has 1 heterocycles. The molecule has 3 nitrogen and oxygen atoms in total. The number of hydrogen-bond donors (Lipinski definition) is 1. The topological polar surface area (TPSA) is 46.3 Å². The van der Waals surface area contributed by atoms with Gasteiger partial charge in [0, 0.05) is 17.6 Å². The van der Waals surface area contributed by atoms with E-state index in [0.29, 0.717) is 0 Å². The van der Waals surface area contributed by atoms with Crippen molar-refractivity contribution in [1.29, 1.82) is 0 Å². The third kappa shape index (κ3) is 1.69. The second kappa shape index (κ2) is 3.77. The molecule has 1 unspecified atom stereocenters. The van der Waals surface area contributed by atoms with Gasteiger partial charge in [-0.3, -0.25) is 4.79 Å². The van der Waals surface area contributed by atoms with Gasteiger partial charge < -0.3 is 10.6 Å². The maximum absolute atomic E-state index is 11.9. The summed E-state index contributed by atoms with van der Waals surface area (Å²) in [5.74, 6) is 0.180. The monoisotopic (exact) mass is 222 g/mol. The largest absolute Gasteiger partial charge is 0.399 e. The summed E-state index contributed by atoms with van der Waals surface area (Å²) in [5.41, 5.74) is 7.44. The molecule has 2 rings (SSSR count). The minimum absolute atomic E-state index is 0.0318. The summed E-state index contributed by atoms with van der Waals surface area (Å²) in [5, 5.41) is 0.0318. The van der Waals surface area contributed by atoms with Crippen LogP contribution in [0.5, 0.6) is 0 Å². The maximum atomic E-state index is 11.9. The highest BCUT2D eigenvalue weighted by molar-refractivity contribution is 8.01. The number of nitrogen functional groups attached to an aromatic ring is 1. The number of fused-ring (bicyclic) bond motifs is 1. The number of benzene rings is 1. The molecule has 1 aliphatic heterocycles. The molecule has 1 amide bonds. The average Bonchev–Trinajstić information content (AvgIpc) is 2.23. The molecular formula is C11H14N2OS. The van der Waals surface area contributed by atoms with Crippen molar-refractivity contribution >= 4 is 29.0 Å². The highest BCUT2D eigenvalue weighted by Gasteiger charge is 2.29. The molecule has 1 aromatic rings. The molecule has 0 fully saturated rings. The summed E-state index contributed by atoms with van der Waals surface area (Å²) in [6.45, 7) is 2.03. The molecule has 4 heteroatoms. The molecule has 1 aliphatic rings. The molecule has 80 valence electrons. The predicted octanol–water partition coefficient (Wildman–Crippen LogP) is 2.12. The van der Waals surface area contributed by atoms with Crippen molar-refractivity contribution in [1.82, 2.24) is 0 Å². The number of nitrogens with two attached hydrogens (primary N) is 1. The van der Waals surface area contributed by atoms with Crippen molar-refractivity contribution in [3.63, 3.8) is 0 Å². The van der Waals surface area contributed by atoms with Gasteiger partial charge in [-0.25, -0.2) is 0 Å². The van der Waals surface area contributed by atoms with Crippen LogP contribution in [0.1, 0.15) is 13.3 Å². The van der Waals surface area contributed by atoms with Crippen molar-refractivity contribution in [3.8, 4) is 0 Å². The lowest BCUT2D eigenvalue weighted by molar-refractivity contribution is -0.118. The fourth-order valence-electron chi connectivity index (χ4n) is 1.70. The lowest BCUT2D eigenvalue weighted by atomic mass is 10.2. The number of anilines is 2. The zero-order valence-electron chi connectivity index (χ0n) is 8.86. The standard InChI is InChI=1S/C11H14N2OS/c1-3-9-11(14)13(2)8-5-4-7(12)6-10(8)15-9/h4-6,9H,3,12H2,1-2H3. The van der Waals surface area contributed by atoms with Crippen molar-refractivity contribution in [3.05, 3.63) is 18.2 Å². The van der Waals surface area contributed by atoms with Crippen molar-refractivity contribution in [2.45, 2.75) is 23.5 Å². The summed E-state index contributed by atoms with van der Waals surface area (Å²) in [7, 11) is 1.82. The van der Waals surface area contributed by atoms with Crippen molar-refractivity contribution < 1.29 is 4.79 Å². The van der Waals surface area contributed by atoms with Gasteiger partial charge in [-0.05, 0) is 24.6 Å². The number of nitrogens with zero attached hydrogens (tertiary/aromatic N) is 1. The Labute approximate surface area is 93.6 Å². The van der Waals surface area contributed by atoms with Crippen LogP contribution in [0.2, 0.25) is 0 Å². The van der Waals surface area contributed by atoms with E-state index < -0.39 is 0 Å². The van der Waals surface area contributed by atoms with E-state index in [2.05, 4.69) is 0 Å². The molecule has 0 spiro atoms. The number of thioether (sulfide) groups is 1. The number of hydrogen-bond acceptors (Lipinski definition) is 3. The zero-order valence-corrected chi connectivity index (χ0v) is 9.67. The molecule has 0 radical (unpaired) electrons. The van der Waals surface area contributed by atoms with E-state index >= 15 is 0 Å². The van der Waals surface area contributed by atoms with Crippen LogP contribution in [0.25, 0.3) is 0 Å². The molecule has 0 aromatic heterocycles. The first-order chi connectivity index (χ1) is 7.13. The van der Waals surface area contributed by atoms with Crippen LogP contribution in [0.3, 0.4) is 0 Å². The Morgan fingerprint density at radius 3 is 2.93 bits per heavy atom. The van der Waals surface area contributed by atoms with E-state index in [1.165, 1.54) is 0 Å². The lowest BCUT2D eigenvalue weighted by Gasteiger charge is -2.30. The number of amides is 1. The van der Waals surface area contributed by atoms with Crippen LogP contribution >= 0.6 is 11.8 Å². The zero-order chi connectivity index (χ0) is 11.0. The quantitative estimate of drug-likeness (QED) is 0.740. The third-order valence-electron chi connectivity index (χ3n) is 2.59. The summed E-state index contributed by atoms with van der Waals surface area (Å²) in [4.78, 5) is 14.7. The fraction of sp³-hybridized carbons (Fsp3) is 0.364. The Balaban J connectivity index is 2.45. The van der Waals surface area contributed by atoms with Gasteiger partial charge in [0.25, 0.3) is 0 Å². The van der Waals surface area contributed by atoms with Gasteiger partial charge in [-0.15, -0.1) is 11.8 Å². The van der Waals surface area contributed by atoms with E-state index in [1.807, 2.05) is 32.2 Å². The van der Waals surface area contributed by atoms with Crippen LogP contribution in [0, 0.1) is 0 Å².